The normalized spacial score (nSPS) is 16.1. The molecular formula is C27H28F3N5O3. The first-order valence-corrected chi connectivity index (χ1v) is 12.6. The molecule has 0 amide bonds. The van der Waals surface area contributed by atoms with E-state index in [0.29, 0.717) is 23.9 Å². The molecule has 1 saturated heterocycles. The highest BCUT2D eigenvalue weighted by molar-refractivity contribution is 5.58. The van der Waals surface area contributed by atoms with Crippen LogP contribution in [0.4, 0.5) is 13.2 Å². The summed E-state index contributed by atoms with van der Waals surface area (Å²) in [7, 11) is 0. The third-order valence-electron chi connectivity index (χ3n) is 6.42. The van der Waals surface area contributed by atoms with Gasteiger partial charge < -0.3 is 14.0 Å². The Morgan fingerprint density at radius 1 is 1.11 bits per heavy atom. The fraction of sp³-hybridized carbons (Fsp3) is 0.407. The lowest BCUT2D eigenvalue weighted by atomic mass is 10.0. The molecule has 1 unspecified atom stereocenters. The van der Waals surface area contributed by atoms with Gasteiger partial charge in [0.1, 0.15) is 5.75 Å². The van der Waals surface area contributed by atoms with Gasteiger partial charge in [0.15, 0.2) is 5.69 Å². The van der Waals surface area contributed by atoms with Crippen molar-refractivity contribution in [1.29, 1.82) is 0 Å². The van der Waals surface area contributed by atoms with Gasteiger partial charge in [-0.05, 0) is 93.5 Å². The van der Waals surface area contributed by atoms with Crippen molar-refractivity contribution in [3.8, 4) is 28.7 Å². The number of pyridine rings is 1. The monoisotopic (exact) mass is 527 g/mol. The molecule has 8 nitrogen and oxygen atoms in total. The molecule has 4 aromatic rings. The van der Waals surface area contributed by atoms with Gasteiger partial charge in [0.25, 0.3) is 5.89 Å². The predicted octanol–water partition coefficient (Wildman–Crippen LogP) is 6.14. The first kappa shape index (κ1) is 25.9. The lowest BCUT2D eigenvalue weighted by molar-refractivity contribution is -0.274. The Bertz CT molecular complexity index is 1340. The summed E-state index contributed by atoms with van der Waals surface area (Å²) in [5, 5.41) is 8.58. The minimum atomic E-state index is -4.75. The number of hydrogen-bond acceptors (Lipinski definition) is 7. The fourth-order valence-corrected chi connectivity index (χ4v) is 4.51. The molecule has 1 fully saturated rings. The number of aryl methyl sites for hydroxylation is 2. The number of aromatic nitrogens is 5. The van der Waals surface area contributed by atoms with Crippen LogP contribution in [0.5, 0.6) is 5.75 Å². The Morgan fingerprint density at radius 2 is 1.95 bits per heavy atom. The number of nitrogens with zero attached hydrogens (tertiary/aromatic N) is 5. The summed E-state index contributed by atoms with van der Waals surface area (Å²) < 4.78 is 54.1. The lowest BCUT2D eigenvalue weighted by Crippen LogP contribution is -2.18. The number of ether oxygens (including phenoxy) is 2. The maximum Gasteiger partial charge on any atom is 0.573 e. The molecule has 3 aromatic heterocycles. The molecule has 0 saturated carbocycles. The van der Waals surface area contributed by atoms with Crippen molar-refractivity contribution in [2.45, 2.75) is 64.5 Å². The average molecular weight is 528 g/mol. The Morgan fingerprint density at radius 3 is 2.71 bits per heavy atom. The van der Waals surface area contributed by atoms with Crippen LogP contribution in [-0.2, 0) is 17.7 Å². The van der Waals surface area contributed by atoms with Crippen molar-refractivity contribution in [1.82, 2.24) is 24.9 Å². The third-order valence-corrected chi connectivity index (χ3v) is 6.42. The van der Waals surface area contributed by atoms with E-state index in [-0.39, 0.29) is 17.5 Å². The summed E-state index contributed by atoms with van der Waals surface area (Å²) in [6.45, 7) is 3.39. The molecule has 0 N–H and O–H groups in total. The lowest BCUT2D eigenvalue weighted by Gasteiger charge is -2.22. The highest BCUT2D eigenvalue weighted by Crippen LogP contribution is 2.27. The summed E-state index contributed by atoms with van der Waals surface area (Å²) >= 11 is 0. The molecule has 0 radical (unpaired) electrons. The van der Waals surface area contributed by atoms with Gasteiger partial charge >= 0.3 is 6.36 Å². The second-order valence-electron chi connectivity index (χ2n) is 9.36. The van der Waals surface area contributed by atoms with Crippen LogP contribution < -0.4 is 4.74 Å². The van der Waals surface area contributed by atoms with E-state index in [1.165, 1.54) is 37.1 Å². The van der Waals surface area contributed by atoms with Crippen LogP contribution in [-0.4, -0.2) is 44.0 Å². The Kier molecular flexibility index (Phi) is 7.73. The van der Waals surface area contributed by atoms with Gasteiger partial charge in [-0.2, -0.15) is 10.1 Å². The fourth-order valence-electron chi connectivity index (χ4n) is 4.51. The van der Waals surface area contributed by atoms with Crippen molar-refractivity contribution in [2.75, 3.05) is 6.61 Å². The summed E-state index contributed by atoms with van der Waals surface area (Å²) in [4.78, 5) is 8.89. The van der Waals surface area contributed by atoms with Gasteiger partial charge in [-0.3, -0.25) is 9.67 Å². The second-order valence-corrected chi connectivity index (χ2v) is 9.36. The van der Waals surface area contributed by atoms with Gasteiger partial charge in [0.05, 0.1) is 12.6 Å². The van der Waals surface area contributed by atoms with Crippen molar-refractivity contribution < 1.29 is 27.2 Å². The molecule has 38 heavy (non-hydrogen) atoms. The molecule has 1 aliphatic heterocycles. The zero-order valence-corrected chi connectivity index (χ0v) is 20.9. The minimum absolute atomic E-state index is 0.220. The Hall–Kier alpha value is -3.73. The zero-order valence-electron chi connectivity index (χ0n) is 20.9. The van der Waals surface area contributed by atoms with E-state index >= 15 is 0 Å². The van der Waals surface area contributed by atoms with Crippen molar-refractivity contribution in [2.24, 2.45) is 0 Å². The summed E-state index contributed by atoms with van der Waals surface area (Å²) in [5.41, 5.74) is 4.07. The van der Waals surface area contributed by atoms with Crippen LogP contribution in [0, 0.1) is 6.92 Å². The van der Waals surface area contributed by atoms with E-state index in [9.17, 15) is 13.2 Å². The minimum Gasteiger partial charge on any atom is -0.406 e. The summed E-state index contributed by atoms with van der Waals surface area (Å²) in [5.74, 6) is 0.137. The summed E-state index contributed by atoms with van der Waals surface area (Å²) in [6, 6.07) is 11.2. The van der Waals surface area contributed by atoms with Crippen molar-refractivity contribution in [3.63, 3.8) is 0 Å². The maximum atomic E-state index is 12.4. The van der Waals surface area contributed by atoms with E-state index in [0.717, 1.165) is 49.2 Å². The number of benzene rings is 1. The van der Waals surface area contributed by atoms with Crippen molar-refractivity contribution in [3.05, 3.63) is 65.6 Å². The first-order chi connectivity index (χ1) is 18.3. The second kappa shape index (κ2) is 11.3. The SMILES string of the molecule is Cc1cc(-c2nc(-c3ccc(OC(F)(F)F)cc3)no2)nn1Cc1ccnc(CCCC2CCCCO2)c1. The number of halogens is 3. The standard InChI is InChI=1S/C27H28F3N5O3/c1-18-15-24(26-32-25(34-38-26)20-8-10-23(11-9-20)37-27(28,29)30)33-35(18)17-19-12-13-31-21(16-19)5-4-7-22-6-2-3-14-36-22/h8-13,15-16,22H,2-7,14,17H2,1H3. The van der Waals surface area contributed by atoms with Crippen LogP contribution in [0.15, 0.2) is 53.2 Å². The third kappa shape index (κ3) is 6.77. The molecule has 1 aromatic carbocycles. The highest BCUT2D eigenvalue weighted by Gasteiger charge is 2.31. The van der Waals surface area contributed by atoms with Gasteiger partial charge in [-0.15, -0.1) is 13.2 Å². The van der Waals surface area contributed by atoms with E-state index < -0.39 is 6.36 Å². The Balaban J connectivity index is 1.21. The number of rotatable bonds is 9. The zero-order chi connectivity index (χ0) is 26.5. The topological polar surface area (TPSA) is 88.1 Å². The molecule has 5 rings (SSSR count). The van der Waals surface area contributed by atoms with E-state index in [4.69, 9.17) is 9.26 Å². The van der Waals surface area contributed by atoms with E-state index in [1.807, 2.05) is 29.9 Å². The maximum absolute atomic E-state index is 12.4. The number of alkyl halides is 3. The molecule has 200 valence electrons. The number of hydrogen-bond donors (Lipinski definition) is 0. The van der Waals surface area contributed by atoms with Gasteiger partial charge in [-0.1, -0.05) is 5.16 Å². The molecule has 4 heterocycles. The smallest absolute Gasteiger partial charge is 0.406 e. The average Bonchev–Trinajstić information content (AvgIpc) is 3.52. The van der Waals surface area contributed by atoms with E-state index in [1.54, 1.807) is 0 Å². The van der Waals surface area contributed by atoms with Gasteiger partial charge in [0, 0.05) is 29.8 Å². The van der Waals surface area contributed by atoms with Crippen LogP contribution in [0.2, 0.25) is 0 Å². The van der Waals surface area contributed by atoms with Gasteiger partial charge in [0.2, 0.25) is 5.82 Å². The largest absolute Gasteiger partial charge is 0.573 e. The molecule has 0 bridgehead atoms. The van der Waals surface area contributed by atoms with Crippen molar-refractivity contribution >= 4 is 0 Å². The van der Waals surface area contributed by atoms with Crippen LogP contribution in [0.3, 0.4) is 0 Å². The highest BCUT2D eigenvalue weighted by atomic mass is 19.4. The quantitative estimate of drug-likeness (QED) is 0.258. The van der Waals surface area contributed by atoms with E-state index in [2.05, 4.69) is 31.0 Å². The molecule has 11 heteroatoms. The molecule has 0 aliphatic carbocycles. The van der Waals surface area contributed by atoms with Crippen LogP contribution in [0.1, 0.15) is 49.1 Å². The predicted molar refractivity (Wildman–Crippen MR) is 132 cm³/mol. The van der Waals surface area contributed by atoms with Crippen LogP contribution in [0.25, 0.3) is 23.0 Å². The molecular weight excluding hydrogens is 499 g/mol. The van der Waals surface area contributed by atoms with Crippen LogP contribution >= 0.6 is 0 Å². The Labute approximate surface area is 217 Å². The first-order valence-electron chi connectivity index (χ1n) is 12.6. The van der Waals surface area contributed by atoms with Gasteiger partial charge in [-0.25, -0.2) is 0 Å². The molecule has 1 aliphatic rings. The summed E-state index contributed by atoms with van der Waals surface area (Å²) in [6.07, 6.45) is 4.04. The molecule has 1 atom stereocenters. The molecule has 0 spiro atoms.